The van der Waals surface area contributed by atoms with Crippen molar-refractivity contribution in [2.45, 2.75) is 0 Å². The molecule has 2 N–H and O–H groups in total. The Bertz CT molecular complexity index is 414. The SMILES string of the molecule is [NH]S(=O)(=O)N1CCNCC1=S(=O)=O. The van der Waals surface area contributed by atoms with Crippen molar-refractivity contribution in [3.05, 3.63) is 0 Å². The minimum Gasteiger partial charge on any atom is -0.309 e. The molecule has 0 aliphatic carbocycles. The lowest BCUT2D eigenvalue weighted by Gasteiger charge is -2.23. The molecule has 0 saturated carbocycles. The molecule has 0 amide bonds. The molecule has 0 aromatic carbocycles. The molecule has 0 bridgehead atoms. The maximum atomic E-state index is 10.8. The molecule has 9 heteroatoms. The number of nitrogens with one attached hydrogen (secondary N) is 2. The third kappa shape index (κ3) is 2.48. The molecule has 1 aliphatic heterocycles. The van der Waals surface area contributed by atoms with E-state index in [0.29, 0.717) is 10.8 Å². The van der Waals surface area contributed by atoms with Crippen molar-refractivity contribution in [1.29, 1.82) is 0 Å². The average molecular weight is 226 g/mol. The Morgan fingerprint density at radius 2 is 2.08 bits per heavy atom. The Morgan fingerprint density at radius 1 is 1.46 bits per heavy atom. The largest absolute Gasteiger partial charge is 0.309 e. The van der Waals surface area contributed by atoms with Gasteiger partial charge in [-0.15, -0.1) is 9.44 Å². The van der Waals surface area contributed by atoms with Gasteiger partial charge in [-0.05, 0) is 0 Å². The van der Waals surface area contributed by atoms with Crippen LogP contribution < -0.4 is 10.5 Å². The fourth-order valence-corrected chi connectivity index (χ4v) is 2.60. The van der Waals surface area contributed by atoms with Crippen LogP contribution in [-0.2, 0) is 20.5 Å². The maximum Gasteiger partial charge on any atom is 0.298 e. The second kappa shape index (κ2) is 3.72. The van der Waals surface area contributed by atoms with Crippen LogP contribution in [0.1, 0.15) is 0 Å². The molecular weight excluding hydrogens is 218 g/mol. The van der Waals surface area contributed by atoms with Gasteiger partial charge in [0.2, 0.25) is 10.3 Å². The predicted molar refractivity (Wildman–Crippen MR) is 45.5 cm³/mol. The molecule has 7 nitrogen and oxygen atoms in total. The van der Waals surface area contributed by atoms with Crippen molar-refractivity contribution < 1.29 is 16.8 Å². The van der Waals surface area contributed by atoms with Gasteiger partial charge in [-0.1, -0.05) is 0 Å². The monoisotopic (exact) mass is 226 g/mol. The zero-order valence-corrected chi connectivity index (χ0v) is 8.15. The minimum absolute atomic E-state index is 0.0187. The summed E-state index contributed by atoms with van der Waals surface area (Å²) in [6.45, 7) is 0.280. The summed E-state index contributed by atoms with van der Waals surface area (Å²) in [6.07, 6.45) is 0. The Morgan fingerprint density at radius 3 is 2.46 bits per heavy atom. The van der Waals surface area contributed by atoms with E-state index in [1.54, 1.807) is 0 Å². The maximum absolute atomic E-state index is 10.8. The van der Waals surface area contributed by atoms with Crippen LogP contribution in [0.4, 0.5) is 0 Å². The summed E-state index contributed by atoms with van der Waals surface area (Å²) in [6, 6.07) is 0. The third-order valence-electron chi connectivity index (χ3n) is 1.53. The summed E-state index contributed by atoms with van der Waals surface area (Å²) in [4.78, 5) is -0.304. The lowest BCUT2D eigenvalue weighted by molar-refractivity contribution is 0.489. The molecule has 1 saturated heterocycles. The van der Waals surface area contributed by atoms with Crippen molar-refractivity contribution in [3.8, 4) is 0 Å². The molecule has 0 atom stereocenters. The molecule has 0 aromatic rings. The average Bonchev–Trinajstić information content (AvgIpc) is 2.03. The first-order chi connectivity index (χ1) is 5.93. The highest BCUT2D eigenvalue weighted by atomic mass is 32.2. The van der Waals surface area contributed by atoms with Gasteiger partial charge in [-0.25, -0.2) is 0 Å². The predicted octanol–water partition coefficient (Wildman–Crippen LogP) is -2.57. The van der Waals surface area contributed by atoms with E-state index < -0.39 is 20.5 Å². The molecule has 1 aliphatic rings. The van der Waals surface area contributed by atoms with Gasteiger partial charge < -0.3 is 5.32 Å². The summed E-state index contributed by atoms with van der Waals surface area (Å²) in [5.74, 6) is 0. The van der Waals surface area contributed by atoms with Gasteiger partial charge >= 0.3 is 0 Å². The fourth-order valence-electron chi connectivity index (χ4n) is 0.985. The molecule has 13 heavy (non-hydrogen) atoms. The zero-order chi connectivity index (χ0) is 10.1. The summed E-state index contributed by atoms with van der Waals surface area (Å²) in [5.41, 5.74) is 0. The molecule has 1 radical (unpaired) electrons. The van der Waals surface area contributed by atoms with E-state index in [-0.39, 0.29) is 18.1 Å². The minimum atomic E-state index is -4.21. The highest BCUT2D eigenvalue weighted by Crippen LogP contribution is 2.00. The van der Waals surface area contributed by atoms with Gasteiger partial charge in [0.25, 0.3) is 10.2 Å². The van der Waals surface area contributed by atoms with E-state index in [2.05, 4.69) is 5.32 Å². The smallest absolute Gasteiger partial charge is 0.298 e. The van der Waals surface area contributed by atoms with Crippen molar-refractivity contribution in [2.24, 2.45) is 0 Å². The highest BCUT2D eigenvalue weighted by molar-refractivity contribution is 7.88. The van der Waals surface area contributed by atoms with Gasteiger partial charge in [-0.3, -0.25) is 0 Å². The molecule has 1 heterocycles. The first-order valence-corrected chi connectivity index (χ1v) is 5.87. The van der Waals surface area contributed by atoms with Crippen LogP contribution in [0.25, 0.3) is 0 Å². The van der Waals surface area contributed by atoms with Crippen molar-refractivity contribution in [2.75, 3.05) is 19.6 Å². The van der Waals surface area contributed by atoms with Crippen molar-refractivity contribution in [1.82, 2.24) is 14.8 Å². The summed E-state index contributed by atoms with van der Waals surface area (Å²) >= 11 is 0. The van der Waals surface area contributed by atoms with Crippen LogP contribution in [-0.4, -0.2) is 45.8 Å². The first-order valence-electron chi connectivity index (χ1n) is 3.36. The van der Waals surface area contributed by atoms with E-state index in [1.807, 2.05) is 0 Å². The molecule has 1 rings (SSSR count). The number of hydrogen-bond acceptors (Lipinski definition) is 5. The number of rotatable bonds is 1. The normalized spacial score (nSPS) is 20.2. The Balaban J connectivity index is 3.16. The number of nitrogens with zero attached hydrogens (tertiary/aromatic N) is 1. The first kappa shape index (κ1) is 10.6. The van der Waals surface area contributed by atoms with Crippen molar-refractivity contribution in [3.63, 3.8) is 0 Å². The van der Waals surface area contributed by atoms with E-state index >= 15 is 0 Å². The summed E-state index contributed by atoms with van der Waals surface area (Å²) < 4.78 is 43.2. The molecule has 0 aromatic heterocycles. The van der Waals surface area contributed by atoms with E-state index in [0.717, 1.165) is 0 Å². The highest BCUT2D eigenvalue weighted by Gasteiger charge is 2.27. The van der Waals surface area contributed by atoms with Crippen LogP contribution in [0.2, 0.25) is 0 Å². The van der Waals surface area contributed by atoms with Gasteiger partial charge in [0.15, 0.2) is 0 Å². The standard InChI is InChI=1S/C4H8N3O4S2/c5-13(10,11)7-2-1-6-3-4(7)12(8)9/h5-6H,1-3H2. The zero-order valence-electron chi connectivity index (χ0n) is 6.52. The third-order valence-corrected chi connectivity index (χ3v) is 3.38. The lowest BCUT2D eigenvalue weighted by atomic mass is 10.4. The van der Waals surface area contributed by atoms with E-state index in [1.165, 1.54) is 0 Å². The Kier molecular flexibility index (Phi) is 3.03. The van der Waals surface area contributed by atoms with Gasteiger partial charge in [0.05, 0.1) is 0 Å². The van der Waals surface area contributed by atoms with Gasteiger partial charge in [0.1, 0.15) is 4.99 Å². The summed E-state index contributed by atoms with van der Waals surface area (Å²) in [5, 5.41) is 9.42. The summed E-state index contributed by atoms with van der Waals surface area (Å²) in [7, 11) is -6.80. The molecular formula is C4H8N3O4S2. The van der Waals surface area contributed by atoms with Crippen LogP contribution >= 0.6 is 0 Å². The second-order valence-corrected chi connectivity index (χ2v) is 4.71. The van der Waals surface area contributed by atoms with Crippen molar-refractivity contribution >= 4 is 25.5 Å². The molecule has 0 spiro atoms. The quantitative estimate of drug-likeness (QED) is 0.494. The van der Waals surface area contributed by atoms with E-state index in [9.17, 15) is 16.8 Å². The Hall–Kier alpha value is -0.480. The lowest BCUT2D eigenvalue weighted by Crippen LogP contribution is -2.51. The van der Waals surface area contributed by atoms with Crippen LogP contribution in [0.15, 0.2) is 0 Å². The van der Waals surface area contributed by atoms with Gasteiger partial charge in [0, 0.05) is 19.6 Å². The molecule has 0 unspecified atom stereocenters. The van der Waals surface area contributed by atoms with E-state index in [4.69, 9.17) is 5.14 Å². The van der Waals surface area contributed by atoms with Crippen LogP contribution in [0, 0.1) is 0 Å². The molecule has 75 valence electrons. The molecule has 1 fully saturated rings. The number of hydrogen-bond donors (Lipinski definition) is 1. The van der Waals surface area contributed by atoms with Crippen LogP contribution in [0.3, 0.4) is 0 Å². The second-order valence-electron chi connectivity index (χ2n) is 2.38. The van der Waals surface area contributed by atoms with Crippen LogP contribution in [0.5, 0.6) is 0 Å². The Labute approximate surface area is 77.2 Å². The number of piperazine rings is 1. The topological polar surface area (TPSA) is 107 Å². The van der Waals surface area contributed by atoms with Gasteiger partial charge in [-0.2, -0.15) is 16.8 Å². The fraction of sp³-hybridized carbons (Fsp3) is 0.750.